The summed E-state index contributed by atoms with van der Waals surface area (Å²) in [6, 6.07) is 2.04. The van der Waals surface area contributed by atoms with Gasteiger partial charge in [0.2, 0.25) is 0 Å². The Bertz CT molecular complexity index is 463. The molecule has 98 valence electrons. The zero-order valence-corrected chi connectivity index (χ0v) is 11.4. The summed E-state index contributed by atoms with van der Waals surface area (Å²) >= 11 is 1.25. The van der Waals surface area contributed by atoms with Crippen molar-refractivity contribution < 1.29 is 9.53 Å². The lowest BCUT2D eigenvalue weighted by atomic mass is 10.2. The van der Waals surface area contributed by atoms with Gasteiger partial charge >= 0.3 is 0 Å². The molecule has 0 saturated heterocycles. The van der Waals surface area contributed by atoms with E-state index in [0.29, 0.717) is 40.7 Å². The second kappa shape index (κ2) is 6.99. The van der Waals surface area contributed by atoms with Gasteiger partial charge in [-0.05, 0) is 6.42 Å². The zero-order chi connectivity index (χ0) is 13.5. The smallest absolute Gasteiger partial charge is 0.174 e. The van der Waals surface area contributed by atoms with Crippen LogP contribution in [0.25, 0.3) is 0 Å². The molecule has 0 unspecified atom stereocenters. The fourth-order valence-corrected chi connectivity index (χ4v) is 2.57. The van der Waals surface area contributed by atoms with Crippen molar-refractivity contribution in [3.63, 3.8) is 0 Å². The third-order valence-electron chi connectivity index (χ3n) is 2.44. The van der Waals surface area contributed by atoms with Crippen LogP contribution in [0, 0.1) is 11.3 Å². The van der Waals surface area contributed by atoms with Crippen molar-refractivity contribution in [2.75, 3.05) is 31.3 Å². The summed E-state index contributed by atoms with van der Waals surface area (Å²) in [7, 11) is 1.64. The summed E-state index contributed by atoms with van der Waals surface area (Å²) in [5.41, 5.74) is 6.49. The van der Waals surface area contributed by atoms with Gasteiger partial charge in [-0.15, -0.1) is 11.3 Å². The van der Waals surface area contributed by atoms with Gasteiger partial charge in [0.05, 0.1) is 10.6 Å². The number of nitrogens with zero attached hydrogens (tertiary/aromatic N) is 1. The summed E-state index contributed by atoms with van der Waals surface area (Å²) in [6.45, 7) is 3.11. The summed E-state index contributed by atoms with van der Waals surface area (Å²) < 4.78 is 4.94. The first kappa shape index (κ1) is 14.5. The molecule has 0 aliphatic carbocycles. The van der Waals surface area contributed by atoms with E-state index in [-0.39, 0.29) is 5.78 Å². The third-order valence-corrected chi connectivity index (χ3v) is 3.65. The molecule has 1 heterocycles. The van der Waals surface area contributed by atoms with Crippen molar-refractivity contribution >= 4 is 27.8 Å². The third kappa shape index (κ3) is 3.22. The molecule has 6 heteroatoms. The molecule has 0 aromatic carbocycles. The highest BCUT2D eigenvalue weighted by atomic mass is 32.1. The minimum Gasteiger partial charge on any atom is -0.396 e. The number of ether oxygens (including phenoxy) is 1. The largest absolute Gasteiger partial charge is 0.396 e. The molecule has 1 aromatic heterocycles. The highest BCUT2D eigenvalue weighted by molar-refractivity contribution is 7.19. The summed E-state index contributed by atoms with van der Waals surface area (Å²) in [5, 5.41) is 12.9. The van der Waals surface area contributed by atoms with Crippen molar-refractivity contribution in [2.45, 2.75) is 19.8 Å². The summed E-state index contributed by atoms with van der Waals surface area (Å²) in [4.78, 5) is 12.1. The van der Waals surface area contributed by atoms with E-state index in [1.165, 1.54) is 11.3 Å². The van der Waals surface area contributed by atoms with Crippen molar-refractivity contribution in [1.29, 1.82) is 5.26 Å². The molecule has 0 spiro atoms. The average Bonchev–Trinajstić information content (AvgIpc) is 2.70. The van der Waals surface area contributed by atoms with Crippen LogP contribution in [0.4, 0.5) is 10.7 Å². The number of Topliss-reactive ketones (excluding diaryl/α,β-unsaturated/α-hetero) is 1. The molecule has 0 bridgehead atoms. The minimum atomic E-state index is -0.0288. The number of ketones is 1. The van der Waals surface area contributed by atoms with E-state index in [9.17, 15) is 4.79 Å². The van der Waals surface area contributed by atoms with Crippen LogP contribution < -0.4 is 11.1 Å². The zero-order valence-electron chi connectivity index (χ0n) is 10.6. The minimum absolute atomic E-state index is 0.0288. The molecule has 1 aromatic rings. The monoisotopic (exact) mass is 267 g/mol. The molecule has 0 aliphatic heterocycles. The molecule has 5 nitrogen and oxygen atoms in total. The normalized spacial score (nSPS) is 10.1. The van der Waals surface area contributed by atoms with Gasteiger partial charge in [-0.1, -0.05) is 6.92 Å². The average molecular weight is 267 g/mol. The number of hydrogen-bond donors (Lipinski definition) is 2. The number of nitrogen functional groups attached to an aromatic ring is 1. The van der Waals surface area contributed by atoms with Gasteiger partial charge in [0.1, 0.15) is 16.6 Å². The Morgan fingerprint density at radius 2 is 2.33 bits per heavy atom. The molecule has 0 radical (unpaired) electrons. The quantitative estimate of drug-likeness (QED) is 0.584. The van der Waals surface area contributed by atoms with Crippen LogP contribution in [-0.2, 0) is 4.74 Å². The number of anilines is 2. The van der Waals surface area contributed by atoms with Gasteiger partial charge < -0.3 is 15.8 Å². The molecular formula is C12H17N3O2S. The highest BCUT2D eigenvalue weighted by Gasteiger charge is 2.19. The predicted octanol–water partition coefficient (Wildman–Crippen LogP) is 2.24. The first-order valence-corrected chi connectivity index (χ1v) is 6.55. The Balaban J connectivity index is 2.85. The fraction of sp³-hybridized carbons (Fsp3) is 0.500. The second-order valence-corrected chi connectivity index (χ2v) is 4.73. The van der Waals surface area contributed by atoms with Crippen LogP contribution in [0.5, 0.6) is 0 Å². The van der Waals surface area contributed by atoms with Crippen LogP contribution in [0.15, 0.2) is 0 Å². The van der Waals surface area contributed by atoms with Gasteiger partial charge in [-0.2, -0.15) is 5.26 Å². The van der Waals surface area contributed by atoms with Gasteiger partial charge in [0, 0.05) is 26.7 Å². The molecular weight excluding hydrogens is 250 g/mol. The van der Waals surface area contributed by atoms with Crippen LogP contribution in [0.2, 0.25) is 0 Å². The van der Waals surface area contributed by atoms with Gasteiger partial charge in [0.15, 0.2) is 5.78 Å². The molecule has 1 rings (SSSR count). The van der Waals surface area contributed by atoms with Crippen molar-refractivity contribution in [3.8, 4) is 6.07 Å². The molecule has 0 aliphatic rings. The standard InChI is InChI=1S/C12H17N3O2S/c1-3-9(16)11-10(14)8(7-13)12(18-11)15-5-4-6-17-2/h15H,3-6,14H2,1-2H3. The van der Waals surface area contributed by atoms with Gasteiger partial charge in [0.25, 0.3) is 0 Å². The Morgan fingerprint density at radius 1 is 1.61 bits per heavy atom. The van der Waals surface area contributed by atoms with E-state index in [2.05, 4.69) is 5.32 Å². The first-order chi connectivity index (χ1) is 8.65. The van der Waals surface area contributed by atoms with E-state index in [1.54, 1.807) is 14.0 Å². The van der Waals surface area contributed by atoms with Crippen LogP contribution in [0.1, 0.15) is 35.0 Å². The SMILES string of the molecule is CCC(=O)c1sc(NCCCOC)c(C#N)c1N. The lowest BCUT2D eigenvalue weighted by Gasteiger charge is -2.03. The molecule has 18 heavy (non-hydrogen) atoms. The number of nitrogens with one attached hydrogen (secondary N) is 1. The number of nitrogens with two attached hydrogens (primary N) is 1. The number of hydrogen-bond acceptors (Lipinski definition) is 6. The number of rotatable bonds is 7. The predicted molar refractivity (Wildman–Crippen MR) is 73.1 cm³/mol. The Morgan fingerprint density at radius 3 is 2.89 bits per heavy atom. The second-order valence-electron chi connectivity index (χ2n) is 3.71. The lowest BCUT2D eigenvalue weighted by Crippen LogP contribution is -2.04. The van der Waals surface area contributed by atoms with Gasteiger partial charge in [-0.25, -0.2) is 0 Å². The molecule has 0 fully saturated rings. The molecule has 0 amide bonds. The maximum absolute atomic E-state index is 11.7. The van der Waals surface area contributed by atoms with E-state index in [1.807, 2.05) is 6.07 Å². The maximum Gasteiger partial charge on any atom is 0.174 e. The van der Waals surface area contributed by atoms with Gasteiger partial charge in [-0.3, -0.25) is 4.79 Å². The Labute approximate surface area is 111 Å². The van der Waals surface area contributed by atoms with Crippen LogP contribution >= 0.6 is 11.3 Å². The number of methoxy groups -OCH3 is 1. The number of thiophene rings is 1. The summed E-state index contributed by atoms with van der Waals surface area (Å²) in [5.74, 6) is -0.0288. The summed E-state index contributed by atoms with van der Waals surface area (Å²) in [6.07, 6.45) is 1.22. The highest BCUT2D eigenvalue weighted by Crippen LogP contribution is 2.35. The first-order valence-electron chi connectivity index (χ1n) is 5.74. The van der Waals surface area contributed by atoms with E-state index < -0.39 is 0 Å². The Kier molecular flexibility index (Phi) is 5.62. The van der Waals surface area contributed by atoms with Crippen molar-refractivity contribution in [3.05, 3.63) is 10.4 Å². The number of carbonyl (C=O) groups excluding carboxylic acids is 1. The lowest BCUT2D eigenvalue weighted by molar-refractivity contribution is 0.0993. The van der Waals surface area contributed by atoms with Crippen LogP contribution in [-0.4, -0.2) is 26.0 Å². The fourth-order valence-electron chi connectivity index (χ4n) is 1.47. The molecule has 3 N–H and O–H groups in total. The number of carbonyl (C=O) groups is 1. The van der Waals surface area contributed by atoms with E-state index in [4.69, 9.17) is 15.7 Å². The van der Waals surface area contributed by atoms with E-state index in [0.717, 1.165) is 6.42 Å². The molecule has 0 atom stereocenters. The number of nitriles is 1. The van der Waals surface area contributed by atoms with E-state index >= 15 is 0 Å². The van der Waals surface area contributed by atoms with Crippen LogP contribution in [0.3, 0.4) is 0 Å². The van der Waals surface area contributed by atoms with Crippen molar-refractivity contribution in [2.24, 2.45) is 0 Å². The maximum atomic E-state index is 11.7. The molecule has 0 saturated carbocycles. The topological polar surface area (TPSA) is 88.1 Å². The Hall–Kier alpha value is -1.58. The van der Waals surface area contributed by atoms with Crippen molar-refractivity contribution in [1.82, 2.24) is 0 Å².